The third-order valence-electron chi connectivity index (χ3n) is 5.88. The van der Waals surface area contributed by atoms with Gasteiger partial charge in [-0.3, -0.25) is 9.89 Å². The SMILES string of the molecule is CCNC(=NCC(c1ccccc1OC)N1CCCC1)NC1CCC(O)CC1. The lowest BCUT2D eigenvalue weighted by Gasteiger charge is -2.30. The molecule has 28 heavy (non-hydrogen) atoms. The van der Waals surface area contributed by atoms with Gasteiger partial charge in [-0.25, -0.2) is 0 Å². The van der Waals surface area contributed by atoms with Crippen LogP contribution in [-0.2, 0) is 0 Å². The predicted octanol–water partition coefficient (Wildman–Crippen LogP) is 2.69. The van der Waals surface area contributed by atoms with Crippen LogP contribution in [0.2, 0.25) is 0 Å². The Hall–Kier alpha value is -1.79. The lowest BCUT2D eigenvalue weighted by atomic mass is 9.93. The van der Waals surface area contributed by atoms with Crippen molar-refractivity contribution in [3.8, 4) is 5.75 Å². The molecule has 1 heterocycles. The molecule has 156 valence electrons. The topological polar surface area (TPSA) is 69.1 Å². The van der Waals surface area contributed by atoms with Gasteiger partial charge in [-0.2, -0.15) is 0 Å². The van der Waals surface area contributed by atoms with Gasteiger partial charge in [-0.05, 0) is 64.6 Å². The van der Waals surface area contributed by atoms with Crippen molar-refractivity contribution in [3.63, 3.8) is 0 Å². The van der Waals surface area contributed by atoms with E-state index in [2.05, 4.69) is 34.6 Å². The minimum atomic E-state index is -0.136. The van der Waals surface area contributed by atoms with Crippen LogP contribution in [0.3, 0.4) is 0 Å². The van der Waals surface area contributed by atoms with Crippen LogP contribution in [-0.4, -0.2) is 61.4 Å². The number of aliphatic hydroxyl groups excluding tert-OH is 1. The van der Waals surface area contributed by atoms with E-state index in [1.54, 1.807) is 7.11 Å². The number of ether oxygens (including phenoxy) is 1. The molecular formula is C22H36N4O2. The van der Waals surface area contributed by atoms with Gasteiger partial charge in [0.2, 0.25) is 0 Å². The normalized spacial score (nSPS) is 24.8. The fraction of sp³-hybridized carbons (Fsp3) is 0.682. The third-order valence-corrected chi connectivity index (χ3v) is 5.88. The Bertz CT molecular complexity index is 623. The van der Waals surface area contributed by atoms with Crippen LogP contribution in [0.4, 0.5) is 0 Å². The van der Waals surface area contributed by atoms with Crippen molar-refractivity contribution in [2.45, 2.75) is 63.6 Å². The first-order chi connectivity index (χ1) is 13.7. The van der Waals surface area contributed by atoms with E-state index < -0.39 is 0 Å². The molecule has 6 nitrogen and oxygen atoms in total. The Morgan fingerprint density at radius 2 is 1.93 bits per heavy atom. The first-order valence-electron chi connectivity index (χ1n) is 10.8. The zero-order valence-corrected chi connectivity index (χ0v) is 17.4. The summed E-state index contributed by atoms with van der Waals surface area (Å²) in [5.41, 5.74) is 1.22. The summed E-state index contributed by atoms with van der Waals surface area (Å²) in [6, 6.07) is 8.93. The molecule has 0 bridgehead atoms. The fourth-order valence-electron chi connectivity index (χ4n) is 4.32. The summed E-state index contributed by atoms with van der Waals surface area (Å²) >= 11 is 0. The highest BCUT2D eigenvalue weighted by Crippen LogP contribution is 2.32. The van der Waals surface area contributed by atoms with Crippen molar-refractivity contribution < 1.29 is 9.84 Å². The highest BCUT2D eigenvalue weighted by atomic mass is 16.5. The quantitative estimate of drug-likeness (QED) is 0.495. The third kappa shape index (κ3) is 5.61. The number of hydrogen-bond donors (Lipinski definition) is 3. The first kappa shape index (κ1) is 20.9. The van der Waals surface area contributed by atoms with Gasteiger partial charge < -0.3 is 20.5 Å². The number of guanidine groups is 1. The van der Waals surface area contributed by atoms with Gasteiger partial charge in [-0.15, -0.1) is 0 Å². The van der Waals surface area contributed by atoms with Gasteiger partial charge in [0.05, 0.1) is 25.8 Å². The van der Waals surface area contributed by atoms with Crippen molar-refractivity contribution in [2.24, 2.45) is 4.99 Å². The molecule has 0 radical (unpaired) electrons. The molecule has 0 aromatic heterocycles. The molecule has 1 atom stereocenters. The fourth-order valence-corrected chi connectivity index (χ4v) is 4.32. The number of para-hydroxylation sites is 1. The van der Waals surface area contributed by atoms with E-state index in [-0.39, 0.29) is 12.1 Å². The summed E-state index contributed by atoms with van der Waals surface area (Å²) in [5.74, 6) is 1.82. The van der Waals surface area contributed by atoms with Gasteiger partial charge in [-0.1, -0.05) is 18.2 Å². The number of nitrogens with one attached hydrogen (secondary N) is 2. The van der Waals surface area contributed by atoms with E-state index in [4.69, 9.17) is 9.73 Å². The Kier molecular flexibility index (Phi) is 7.98. The van der Waals surface area contributed by atoms with Gasteiger partial charge in [0.25, 0.3) is 0 Å². The Balaban J connectivity index is 1.73. The highest BCUT2D eigenvalue weighted by molar-refractivity contribution is 5.80. The lowest BCUT2D eigenvalue weighted by Crippen LogP contribution is -2.45. The molecule has 1 saturated carbocycles. The van der Waals surface area contributed by atoms with Gasteiger partial charge in [0, 0.05) is 18.2 Å². The maximum Gasteiger partial charge on any atom is 0.191 e. The lowest BCUT2D eigenvalue weighted by molar-refractivity contribution is 0.120. The van der Waals surface area contributed by atoms with Gasteiger partial charge >= 0.3 is 0 Å². The van der Waals surface area contributed by atoms with Crippen molar-refractivity contribution in [1.29, 1.82) is 0 Å². The second kappa shape index (κ2) is 10.7. The molecule has 1 aromatic rings. The van der Waals surface area contributed by atoms with E-state index in [9.17, 15) is 5.11 Å². The first-order valence-corrected chi connectivity index (χ1v) is 10.8. The zero-order chi connectivity index (χ0) is 19.8. The number of aliphatic imine (C=N–C) groups is 1. The average Bonchev–Trinajstić information content (AvgIpc) is 3.25. The molecule has 1 aliphatic heterocycles. The molecule has 6 heteroatoms. The van der Waals surface area contributed by atoms with Crippen LogP contribution in [0.1, 0.15) is 57.1 Å². The van der Waals surface area contributed by atoms with Crippen LogP contribution in [0, 0.1) is 0 Å². The predicted molar refractivity (Wildman–Crippen MR) is 114 cm³/mol. The van der Waals surface area contributed by atoms with E-state index in [1.165, 1.54) is 18.4 Å². The highest BCUT2D eigenvalue weighted by Gasteiger charge is 2.26. The molecule has 1 saturated heterocycles. The van der Waals surface area contributed by atoms with E-state index in [0.29, 0.717) is 12.6 Å². The summed E-state index contributed by atoms with van der Waals surface area (Å²) in [4.78, 5) is 7.49. The van der Waals surface area contributed by atoms with Crippen LogP contribution in [0.15, 0.2) is 29.3 Å². The minimum absolute atomic E-state index is 0.136. The van der Waals surface area contributed by atoms with E-state index in [0.717, 1.165) is 57.0 Å². The second-order valence-corrected chi connectivity index (χ2v) is 7.87. The molecular weight excluding hydrogens is 352 g/mol. The largest absolute Gasteiger partial charge is 0.496 e. The molecule has 1 aliphatic carbocycles. The van der Waals surface area contributed by atoms with Crippen molar-refractivity contribution in [2.75, 3.05) is 33.3 Å². The van der Waals surface area contributed by atoms with E-state index in [1.807, 2.05) is 12.1 Å². The minimum Gasteiger partial charge on any atom is -0.496 e. The monoisotopic (exact) mass is 388 g/mol. The number of benzene rings is 1. The Morgan fingerprint density at radius 1 is 1.21 bits per heavy atom. The molecule has 0 spiro atoms. The van der Waals surface area contributed by atoms with Crippen LogP contribution in [0.25, 0.3) is 0 Å². The maximum absolute atomic E-state index is 9.75. The second-order valence-electron chi connectivity index (χ2n) is 7.87. The number of methoxy groups -OCH3 is 1. The molecule has 1 unspecified atom stereocenters. The molecule has 0 amide bonds. The van der Waals surface area contributed by atoms with Gasteiger partial charge in [0.1, 0.15) is 5.75 Å². The summed E-state index contributed by atoms with van der Waals surface area (Å²) in [7, 11) is 1.74. The van der Waals surface area contributed by atoms with Crippen molar-refractivity contribution in [1.82, 2.24) is 15.5 Å². The number of likely N-dealkylation sites (tertiary alicyclic amines) is 1. The van der Waals surface area contributed by atoms with Crippen LogP contribution < -0.4 is 15.4 Å². The number of hydrogen-bond acceptors (Lipinski definition) is 4. The summed E-state index contributed by atoms with van der Waals surface area (Å²) in [6.07, 6.45) is 6.09. The van der Waals surface area contributed by atoms with Crippen molar-refractivity contribution in [3.05, 3.63) is 29.8 Å². The van der Waals surface area contributed by atoms with Crippen LogP contribution in [0.5, 0.6) is 5.75 Å². The zero-order valence-electron chi connectivity index (χ0n) is 17.4. The summed E-state index contributed by atoms with van der Waals surface area (Å²) < 4.78 is 5.64. The number of aliphatic hydroxyl groups is 1. The molecule has 3 N–H and O–H groups in total. The van der Waals surface area contributed by atoms with Crippen LogP contribution >= 0.6 is 0 Å². The number of rotatable bonds is 7. The van der Waals surface area contributed by atoms with E-state index >= 15 is 0 Å². The Labute approximate surface area is 169 Å². The summed E-state index contributed by atoms with van der Waals surface area (Å²) in [5, 5.41) is 16.7. The standard InChI is InChI=1S/C22H36N4O2/c1-3-23-22(25-17-10-12-18(27)13-11-17)24-16-20(26-14-6-7-15-26)19-8-4-5-9-21(19)28-2/h4-5,8-9,17-18,20,27H,3,6-7,10-16H2,1-2H3,(H2,23,24,25). The molecule has 2 aliphatic rings. The maximum atomic E-state index is 9.75. The summed E-state index contributed by atoms with van der Waals surface area (Å²) in [6.45, 7) is 5.86. The number of nitrogens with zero attached hydrogens (tertiary/aromatic N) is 2. The smallest absolute Gasteiger partial charge is 0.191 e. The average molecular weight is 389 g/mol. The molecule has 2 fully saturated rings. The molecule has 1 aromatic carbocycles. The Morgan fingerprint density at radius 3 is 2.61 bits per heavy atom. The van der Waals surface area contributed by atoms with Gasteiger partial charge in [0.15, 0.2) is 5.96 Å². The van der Waals surface area contributed by atoms with Crippen molar-refractivity contribution >= 4 is 5.96 Å². The molecule has 3 rings (SSSR count).